The van der Waals surface area contributed by atoms with E-state index in [2.05, 4.69) is 15.2 Å². The predicted molar refractivity (Wildman–Crippen MR) is 98.7 cm³/mol. The van der Waals surface area contributed by atoms with Crippen LogP contribution in [0.1, 0.15) is 18.5 Å². The molecule has 0 unspecified atom stereocenters. The van der Waals surface area contributed by atoms with E-state index in [4.69, 9.17) is 23.9 Å². The Morgan fingerprint density at radius 1 is 1.00 bits per heavy atom. The summed E-state index contributed by atoms with van der Waals surface area (Å²) < 4.78 is 22.4. The van der Waals surface area contributed by atoms with Gasteiger partial charge in [0.1, 0.15) is 5.82 Å². The Morgan fingerprint density at radius 3 is 2.59 bits per heavy atom. The highest BCUT2D eigenvalue weighted by atomic mass is 16.7. The highest BCUT2D eigenvalue weighted by molar-refractivity contribution is 5.62. The molecule has 0 bridgehead atoms. The van der Waals surface area contributed by atoms with Crippen LogP contribution in [0.2, 0.25) is 0 Å². The molecular formula is C19H22N4O4. The summed E-state index contributed by atoms with van der Waals surface area (Å²) in [4.78, 5) is 11.5. The lowest BCUT2D eigenvalue weighted by molar-refractivity contribution is -0.169. The molecule has 1 aromatic heterocycles. The Hall–Kier alpha value is -2.58. The van der Waals surface area contributed by atoms with E-state index in [1.807, 2.05) is 31.2 Å². The largest absolute Gasteiger partial charge is 0.454 e. The van der Waals surface area contributed by atoms with Gasteiger partial charge in [0.2, 0.25) is 12.7 Å². The average molecular weight is 370 g/mol. The zero-order chi connectivity index (χ0) is 18.3. The van der Waals surface area contributed by atoms with E-state index >= 15 is 0 Å². The van der Waals surface area contributed by atoms with Crippen molar-refractivity contribution in [1.29, 1.82) is 0 Å². The van der Waals surface area contributed by atoms with E-state index in [0.29, 0.717) is 13.2 Å². The molecule has 1 aromatic carbocycles. The first-order chi connectivity index (χ1) is 13.2. The molecule has 2 aromatic rings. The summed E-state index contributed by atoms with van der Waals surface area (Å²) in [6.07, 6.45) is 1.66. The highest BCUT2D eigenvalue weighted by Crippen LogP contribution is 2.35. The molecule has 3 aliphatic heterocycles. The van der Waals surface area contributed by atoms with Crippen molar-refractivity contribution < 1.29 is 18.9 Å². The fourth-order valence-electron chi connectivity index (χ4n) is 3.71. The number of aryl methyl sites for hydroxylation is 1. The first-order valence-electron chi connectivity index (χ1n) is 9.24. The third kappa shape index (κ3) is 3.26. The topological polar surface area (TPSA) is 78.0 Å². The van der Waals surface area contributed by atoms with Gasteiger partial charge in [-0.25, -0.2) is 4.98 Å². The monoisotopic (exact) mass is 370 g/mol. The lowest BCUT2D eigenvalue weighted by Crippen LogP contribution is -2.45. The van der Waals surface area contributed by atoms with Crippen LogP contribution in [-0.4, -0.2) is 48.9 Å². The third-order valence-corrected chi connectivity index (χ3v) is 5.11. The zero-order valence-corrected chi connectivity index (χ0v) is 15.2. The van der Waals surface area contributed by atoms with E-state index in [9.17, 15) is 0 Å². The molecular weight excluding hydrogens is 348 g/mol. The second-order valence-electron chi connectivity index (χ2n) is 6.98. The molecule has 0 radical (unpaired) electrons. The summed E-state index contributed by atoms with van der Waals surface area (Å²) in [5.41, 5.74) is 1.81. The lowest BCUT2D eigenvalue weighted by Gasteiger charge is -2.37. The first-order valence-corrected chi connectivity index (χ1v) is 9.24. The van der Waals surface area contributed by atoms with Crippen LogP contribution in [0.25, 0.3) is 0 Å². The Balaban J connectivity index is 1.32. The van der Waals surface area contributed by atoms with Gasteiger partial charge in [0.05, 0.1) is 13.2 Å². The van der Waals surface area contributed by atoms with Crippen LogP contribution in [-0.2, 0) is 9.47 Å². The number of benzene rings is 1. The molecule has 1 N–H and O–H groups in total. The number of rotatable bonds is 3. The number of piperidine rings is 1. The minimum atomic E-state index is -0.395. The second kappa shape index (κ2) is 6.54. The van der Waals surface area contributed by atoms with Gasteiger partial charge in [-0.1, -0.05) is 0 Å². The molecule has 8 nitrogen and oxygen atoms in total. The summed E-state index contributed by atoms with van der Waals surface area (Å²) >= 11 is 0. The van der Waals surface area contributed by atoms with Gasteiger partial charge in [0.25, 0.3) is 0 Å². The van der Waals surface area contributed by atoms with Gasteiger partial charge < -0.3 is 29.2 Å². The van der Waals surface area contributed by atoms with Gasteiger partial charge in [-0.15, -0.1) is 0 Å². The van der Waals surface area contributed by atoms with Crippen LogP contribution in [0, 0.1) is 6.92 Å². The molecule has 2 fully saturated rings. The van der Waals surface area contributed by atoms with E-state index in [-0.39, 0.29) is 6.79 Å². The van der Waals surface area contributed by atoms with Gasteiger partial charge >= 0.3 is 0 Å². The van der Waals surface area contributed by atoms with Crippen LogP contribution in [0.3, 0.4) is 0 Å². The van der Waals surface area contributed by atoms with Gasteiger partial charge in [-0.3, -0.25) is 0 Å². The molecule has 0 saturated carbocycles. The average Bonchev–Trinajstić information content (AvgIpc) is 3.31. The van der Waals surface area contributed by atoms with Gasteiger partial charge in [0.15, 0.2) is 17.3 Å². The first kappa shape index (κ1) is 16.6. The minimum absolute atomic E-state index is 0.263. The quantitative estimate of drug-likeness (QED) is 0.883. The number of nitrogens with zero attached hydrogens (tertiary/aromatic N) is 3. The van der Waals surface area contributed by atoms with Crippen LogP contribution in [0.5, 0.6) is 11.5 Å². The molecule has 0 atom stereocenters. The maximum Gasteiger partial charge on any atom is 0.231 e. The minimum Gasteiger partial charge on any atom is -0.454 e. The van der Waals surface area contributed by atoms with Crippen LogP contribution in [0.15, 0.2) is 24.3 Å². The summed E-state index contributed by atoms with van der Waals surface area (Å²) in [5.74, 6) is 2.59. The maximum atomic E-state index is 5.80. The lowest BCUT2D eigenvalue weighted by atomic mass is 10.0. The standard InChI is InChI=1S/C19H22N4O4/c1-13-10-17(21-14-2-3-15-16(11-14)25-12-24-15)22-18(20-13)23-6-4-19(5-7-23)26-8-9-27-19/h2-3,10-11H,4-9,12H2,1H3,(H,20,21,22). The Labute approximate surface area is 157 Å². The summed E-state index contributed by atoms with van der Waals surface area (Å²) in [7, 11) is 0. The zero-order valence-electron chi connectivity index (χ0n) is 15.2. The number of aromatic nitrogens is 2. The van der Waals surface area contributed by atoms with Crippen molar-refractivity contribution in [3.63, 3.8) is 0 Å². The normalized spacial score (nSPS) is 20.3. The maximum absolute atomic E-state index is 5.80. The Bertz CT molecular complexity index is 844. The van der Waals surface area contributed by atoms with E-state index < -0.39 is 5.79 Å². The molecule has 0 amide bonds. The Morgan fingerprint density at radius 2 is 1.78 bits per heavy atom. The number of anilines is 3. The van der Waals surface area contributed by atoms with E-state index in [1.165, 1.54) is 0 Å². The number of hydrogen-bond donors (Lipinski definition) is 1. The number of fused-ring (bicyclic) bond motifs is 1. The van der Waals surface area contributed by atoms with Crippen molar-refractivity contribution in [2.75, 3.05) is 43.3 Å². The van der Waals surface area contributed by atoms with Gasteiger partial charge in [0, 0.05) is 49.4 Å². The molecule has 4 heterocycles. The van der Waals surface area contributed by atoms with Crippen molar-refractivity contribution in [2.45, 2.75) is 25.6 Å². The SMILES string of the molecule is Cc1cc(Nc2ccc3c(c2)OCO3)nc(N2CCC3(CC2)OCCO3)n1. The van der Waals surface area contributed by atoms with Crippen LogP contribution >= 0.6 is 0 Å². The van der Waals surface area contributed by atoms with Crippen molar-refractivity contribution in [3.8, 4) is 11.5 Å². The molecule has 27 heavy (non-hydrogen) atoms. The summed E-state index contributed by atoms with van der Waals surface area (Å²) in [6.45, 7) is 5.24. The molecule has 8 heteroatoms. The third-order valence-electron chi connectivity index (χ3n) is 5.11. The summed E-state index contributed by atoms with van der Waals surface area (Å²) in [5, 5.41) is 3.34. The number of nitrogens with one attached hydrogen (secondary N) is 1. The van der Waals surface area contributed by atoms with Crippen LogP contribution < -0.4 is 19.7 Å². The van der Waals surface area contributed by atoms with E-state index in [0.717, 1.165) is 60.6 Å². The molecule has 142 valence electrons. The van der Waals surface area contributed by atoms with Crippen molar-refractivity contribution in [1.82, 2.24) is 9.97 Å². The number of ether oxygens (including phenoxy) is 4. The van der Waals surface area contributed by atoms with Gasteiger partial charge in [-0.05, 0) is 19.1 Å². The summed E-state index contributed by atoms with van der Waals surface area (Å²) in [6, 6.07) is 7.69. The van der Waals surface area contributed by atoms with Crippen molar-refractivity contribution >= 4 is 17.5 Å². The predicted octanol–water partition coefficient (Wildman–Crippen LogP) is 2.60. The molecule has 0 aliphatic carbocycles. The fourth-order valence-corrected chi connectivity index (χ4v) is 3.71. The van der Waals surface area contributed by atoms with Gasteiger partial charge in [-0.2, -0.15) is 4.98 Å². The highest BCUT2D eigenvalue weighted by Gasteiger charge is 2.40. The molecule has 5 rings (SSSR count). The van der Waals surface area contributed by atoms with Crippen LogP contribution in [0.4, 0.5) is 17.5 Å². The van der Waals surface area contributed by atoms with E-state index in [1.54, 1.807) is 0 Å². The molecule has 1 spiro atoms. The molecule has 3 aliphatic rings. The van der Waals surface area contributed by atoms with Crippen molar-refractivity contribution in [2.24, 2.45) is 0 Å². The number of hydrogen-bond acceptors (Lipinski definition) is 8. The van der Waals surface area contributed by atoms with Crippen molar-refractivity contribution in [3.05, 3.63) is 30.0 Å². The fraction of sp³-hybridized carbons (Fsp3) is 0.474. The second-order valence-corrected chi connectivity index (χ2v) is 6.98. The smallest absolute Gasteiger partial charge is 0.231 e. The Kier molecular flexibility index (Phi) is 4.02. The molecule has 2 saturated heterocycles.